The molecule has 1 aliphatic heterocycles. The fourth-order valence-corrected chi connectivity index (χ4v) is 4.07. The van der Waals surface area contributed by atoms with Gasteiger partial charge in [0.1, 0.15) is 18.0 Å². The summed E-state index contributed by atoms with van der Waals surface area (Å²) < 4.78 is 25.9. The van der Waals surface area contributed by atoms with Crippen LogP contribution in [0.4, 0.5) is 8.78 Å². The van der Waals surface area contributed by atoms with Gasteiger partial charge in [0.25, 0.3) is 0 Å². The Morgan fingerprint density at radius 1 is 1.46 bits per heavy atom. The molecule has 7 heteroatoms. The number of benzene rings is 1. The highest BCUT2D eigenvalue weighted by Crippen LogP contribution is 2.31. The van der Waals surface area contributed by atoms with E-state index in [1.165, 1.54) is 17.0 Å². The maximum atomic E-state index is 13.6. The van der Waals surface area contributed by atoms with Gasteiger partial charge in [-0.05, 0) is 50.1 Å². The zero-order valence-corrected chi connectivity index (χ0v) is 15.9. The minimum absolute atomic E-state index is 0.0558. The Labute approximate surface area is 157 Å². The molecule has 26 heavy (non-hydrogen) atoms. The van der Waals surface area contributed by atoms with E-state index in [2.05, 4.69) is 0 Å². The summed E-state index contributed by atoms with van der Waals surface area (Å²) in [6, 6.07) is 6.87. The van der Waals surface area contributed by atoms with E-state index in [0.29, 0.717) is 0 Å². The lowest BCUT2D eigenvalue weighted by molar-refractivity contribution is -0.133. The quantitative estimate of drug-likeness (QED) is 0.737. The molecule has 4 nitrogen and oxygen atoms in total. The molecular formula is C19H25F2N3OS. The first-order valence-corrected chi connectivity index (χ1v) is 9.71. The van der Waals surface area contributed by atoms with E-state index < -0.39 is 23.0 Å². The van der Waals surface area contributed by atoms with Gasteiger partial charge in [-0.25, -0.2) is 8.78 Å². The Bertz CT molecular complexity index is 660. The van der Waals surface area contributed by atoms with E-state index in [1.54, 1.807) is 23.9 Å². The van der Waals surface area contributed by atoms with E-state index in [0.717, 1.165) is 24.2 Å². The summed E-state index contributed by atoms with van der Waals surface area (Å²) in [5.74, 6) is 0.174. The number of hydrogen-bond acceptors (Lipinski definition) is 4. The van der Waals surface area contributed by atoms with Crippen molar-refractivity contribution in [2.45, 2.75) is 56.1 Å². The van der Waals surface area contributed by atoms with Gasteiger partial charge in [-0.3, -0.25) is 4.79 Å². The van der Waals surface area contributed by atoms with Crippen LogP contribution in [0.2, 0.25) is 0 Å². The lowest BCUT2D eigenvalue weighted by Crippen LogP contribution is -2.54. The topological polar surface area (TPSA) is 70.1 Å². The van der Waals surface area contributed by atoms with E-state index in [9.17, 15) is 13.6 Å². The molecule has 142 valence electrons. The molecule has 3 atom stereocenters. The van der Waals surface area contributed by atoms with Gasteiger partial charge in [-0.2, -0.15) is 17.0 Å². The second-order valence-corrected chi connectivity index (χ2v) is 8.88. The fourth-order valence-electron chi connectivity index (χ4n) is 2.98. The number of likely N-dealkylation sites (tertiary alicyclic amines) is 1. The molecule has 1 fully saturated rings. The monoisotopic (exact) mass is 381 g/mol. The first-order chi connectivity index (χ1) is 12.2. The van der Waals surface area contributed by atoms with Crippen molar-refractivity contribution in [2.24, 2.45) is 5.73 Å². The highest BCUT2D eigenvalue weighted by Gasteiger charge is 2.41. The summed E-state index contributed by atoms with van der Waals surface area (Å²) in [4.78, 5) is 13.9. The van der Waals surface area contributed by atoms with Crippen molar-refractivity contribution in [2.75, 3.05) is 12.3 Å². The van der Waals surface area contributed by atoms with Gasteiger partial charge in [0.2, 0.25) is 5.91 Å². The van der Waals surface area contributed by atoms with Crippen molar-refractivity contribution in [3.05, 3.63) is 35.6 Å². The van der Waals surface area contributed by atoms with Crippen molar-refractivity contribution < 1.29 is 13.6 Å². The fraction of sp³-hybridized carbons (Fsp3) is 0.579. The molecule has 1 aromatic carbocycles. The van der Waals surface area contributed by atoms with Crippen LogP contribution in [-0.4, -0.2) is 46.1 Å². The third-order valence-electron chi connectivity index (χ3n) is 4.69. The summed E-state index contributed by atoms with van der Waals surface area (Å²) in [6.07, 6.45) is 0.582. The minimum atomic E-state index is -1.16. The molecule has 0 bridgehead atoms. The predicted octanol–water partition coefficient (Wildman–Crippen LogP) is 3.06. The van der Waals surface area contributed by atoms with Gasteiger partial charge in [-0.1, -0.05) is 12.1 Å². The Morgan fingerprint density at radius 2 is 2.12 bits per heavy atom. The van der Waals surface area contributed by atoms with Crippen molar-refractivity contribution >= 4 is 17.7 Å². The largest absolute Gasteiger partial charge is 0.322 e. The van der Waals surface area contributed by atoms with E-state index in [4.69, 9.17) is 11.0 Å². The average molecular weight is 381 g/mol. The van der Waals surface area contributed by atoms with E-state index in [-0.39, 0.29) is 24.7 Å². The molecule has 1 aliphatic rings. The SMILES string of the molecule is CC(C)(SCCCc1ccc(F)cc1)C(N)C(=O)N1CC(F)CC1C#N. The number of nitrogens with zero attached hydrogens (tertiary/aromatic N) is 2. The van der Waals surface area contributed by atoms with Gasteiger partial charge in [-0.15, -0.1) is 0 Å². The highest BCUT2D eigenvalue weighted by molar-refractivity contribution is 8.00. The number of carbonyl (C=O) groups is 1. The molecule has 0 spiro atoms. The first kappa shape index (κ1) is 20.7. The van der Waals surface area contributed by atoms with Crippen LogP contribution < -0.4 is 5.73 Å². The average Bonchev–Trinajstić information content (AvgIpc) is 3.00. The Morgan fingerprint density at radius 3 is 2.73 bits per heavy atom. The Balaban J connectivity index is 1.84. The molecule has 0 radical (unpaired) electrons. The number of halogens is 2. The standard InChI is InChI=1S/C19H25F2N3OS/c1-19(2,26-9-3-4-13-5-7-14(20)8-6-13)17(23)18(25)24-12-15(21)10-16(24)11-22/h5-8,15-17H,3-4,9-10,12,23H2,1-2H3. The van der Waals surface area contributed by atoms with Crippen LogP contribution >= 0.6 is 11.8 Å². The first-order valence-electron chi connectivity index (χ1n) is 8.72. The molecule has 1 saturated heterocycles. The third kappa shape index (κ3) is 5.18. The number of nitrogens with two attached hydrogens (primary N) is 1. The lowest BCUT2D eigenvalue weighted by Gasteiger charge is -2.33. The van der Waals surface area contributed by atoms with Gasteiger partial charge >= 0.3 is 0 Å². The van der Waals surface area contributed by atoms with Crippen molar-refractivity contribution in [3.8, 4) is 6.07 Å². The molecule has 0 aromatic heterocycles. The van der Waals surface area contributed by atoms with Crippen molar-refractivity contribution in [1.29, 1.82) is 5.26 Å². The summed E-state index contributed by atoms with van der Waals surface area (Å²) in [6.45, 7) is 3.72. The number of amides is 1. The van der Waals surface area contributed by atoms with Gasteiger partial charge in [0.15, 0.2) is 0 Å². The summed E-state index contributed by atoms with van der Waals surface area (Å²) in [5, 5.41) is 9.11. The normalized spacial score (nSPS) is 21.5. The number of aryl methyl sites for hydroxylation is 1. The summed E-state index contributed by atoms with van der Waals surface area (Å²) in [5.41, 5.74) is 7.22. The lowest BCUT2D eigenvalue weighted by atomic mass is 10.0. The third-order valence-corrected chi connectivity index (χ3v) is 6.19. The molecule has 1 amide bonds. The molecule has 1 heterocycles. The maximum absolute atomic E-state index is 13.6. The number of thioether (sulfide) groups is 1. The number of rotatable bonds is 7. The zero-order valence-electron chi connectivity index (χ0n) is 15.1. The van der Waals surface area contributed by atoms with Crippen LogP contribution in [0.1, 0.15) is 32.3 Å². The maximum Gasteiger partial charge on any atom is 0.242 e. The Hall–Kier alpha value is -1.65. The number of nitriles is 1. The van der Waals surface area contributed by atoms with Crippen LogP contribution in [0.15, 0.2) is 24.3 Å². The van der Waals surface area contributed by atoms with Gasteiger partial charge in [0.05, 0.1) is 18.7 Å². The van der Waals surface area contributed by atoms with Crippen LogP contribution in [0.5, 0.6) is 0 Å². The number of alkyl halides is 1. The number of carbonyl (C=O) groups excluding carboxylic acids is 1. The molecular weight excluding hydrogens is 356 g/mol. The summed E-state index contributed by atoms with van der Waals surface area (Å²) >= 11 is 1.58. The molecule has 0 aliphatic carbocycles. The Kier molecular flexibility index (Phi) is 7.01. The van der Waals surface area contributed by atoms with Crippen molar-refractivity contribution in [1.82, 2.24) is 4.90 Å². The second-order valence-electron chi connectivity index (χ2n) is 7.13. The second kappa shape index (κ2) is 8.83. The van der Waals surface area contributed by atoms with Crippen LogP contribution in [-0.2, 0) is 11.2 Å². The van der Waals surface area contributed by atoms with Crippen LogP contribution in [0, 0.1) is 17.1 Å². The summed E-state index contributed by atoms with van der Waals surface area (Å²) in [7, 11) is 0. The molecule has 3 unspecified atom stereocenters. The van der Waals surface area contributed by atoms with Crippen molar-refractivity contribution in [3.63, 3.8) is 0 Å². The zero-order chi connectivity index (χ0) is 19.3. The van der Waals surface area contributed by atoms with E-state index in [1.807, 2.05) is 19.9 Å². The molecule has 2 N–H and O–H groups in total. The highest BCUT2D eigenvalue weighted by atomic mass is 32.2. The van der Waals surface area contributed by atoms with Gasteiger partial charge < -0.3 is 10.6 Å². The molecule has 1 aromatic rings. The number of hydrogen-bond donors (Lipinski definition) is 1. The van der Waals surface area contributed by atoms with Gasteiger partial charge in [0, 0.05) is 11.2 Å². The molecule has 2 rings (SSSR count). The predicted molar refractivity (Wildman–Crippen MR) is 99.9 cm³/mol. The smallest absolute Gasteiger partial charge is 0.242 e. The molecule has 0 saturated carbocycles. The van der Waals surface area contributed by atoms with E-state index >= 15 is 0 Å². The minimum Gasteiger partial charge on any atom is -0.322 e. The van der Waals surface area contributed by atoms with Crippen LogP contribution in [0.25, 0.3) is 0 Å². The van der Waals surface area contributed by atoms with Crippen LogP contribution in [0.3, 0.4) is 0 Å².